The van der Waals surface area contributed by atoms with Gasteiger partial charge in [-0.05, 0) is 44.9 Å². The number of nitrogens with zero attached hydrogens (tertiary/aromatic N) is 4. The molecular weight excluding hydrogens is 470 g/mol. The third-order valence-electron chi connectivity index (χ3n) is 4.39. The average molecular weight is 502 g/mol. The van der Waals surface area contributed by atoms with Gasteiger partial charge in [0.1, 0.15) is 5.82 Å². The maximum atomic E-state index is 13.8. The van der Waals surface area contributed by atoms with E-state index in [2.05, 4.69) is 33.7 Å². The molecular formula is C20H32FIN6. The number of guanidine groups is 1. The van der Waals surface area contributed by atoms with Crippen molar-refractivity contribution in [1.29, 1.82) is 0 Å². The molecule has 8 heteroatoms. The highest BCUT2D eigenvalue weighted by Gasteiger charge is 2.06. The zero-order chi connectivity index (χ0) is 19.6. The standard InChI is InChI=1S/C20H31FN6.HI/c1-16-15-17(2)27(25-16)14-8-12-24-20(22-3)23-11-7-13-26(4)19-10-6-5-9-18(19)21;/h5-6,9-10,15H,7-8,11-14H2,1-4H3,(H2,22,23,24);1H. The number of benzene rings is 1. The number of aromatic nitrogens is 2. The predicted molar refractivity (Wildman–Crippen MR) is 125 cm³/mol. The molecule has 2 N–H and O–H groups in total. The van der Waals surface area contributed by atoms with Gasteiger partial charge in [0.05, 0.1) is 11.4 Å². The molecule has 2 rings (SSSR count). The molecule has 0 aliphatic carbocycles. The third kappa shape index (κ3) is 7.65. The second kappa shape index (κ2) is 12.6. The van der Waals surface area contributed by atoms with Gasteiger partial charge in [-0.2, -0.15) is 5.10 Å². The Kier molecular flexibility index (Phi) is 10.9. The van der Waals surface area contributed by atoms with E-state index in [1.165, 1.54) is 11.8 Å². The first-order valence-corrected chi connectivity index (χ1v) is 9.42. The minimum atomic E-state index is -0.187. The van der Waals surface area contributed by atoms with E-state index in [4.69, 9.17) is 0 Å². The molecule has 0 fully saturated rings. The van der Waals surface area contributed by atoms with Gasteiger partial charge >= 0.3 is 0 Å². The number of hydrogen-bond donors (Lipinski definition) is 2. The number of anilines is 1. The summed E-state index contributed by atoms with van der Waals surface area (Å²) in [6.45, 7) is 7.34. The molecule has 6 nitrogen and oxygen atoms in total. The first-order chi connectivity index (χ1) is 13.0. The van der Waals surface area contributed by atoms with Crippen LogP contribution in [0.3, 0.4) is 0 Å². The van der Waals surface area contributed by atoms with Crippen LogP contribution in [-0.2, 0) is 6.54 Å². The summed E-state index contributed by atoms with van der Waals surface area (Å²) < 4.78 is 15.8. The Balaban J connectivity index is 0.00000392. The summed E-state index contributed by atoms with van der Waals surface area (Å²) in [6, 6.07) is 8.93. The molecule has 0 amide bonds. The van der Waals surface area contributed by atoms with Gasteiger partial charge in [-0.1, -0.05) is 12.1 Å². The van der Waals surface area contributed by atoms with E-state index in [-0.39, 0.29) is 29.8 Å². The largest absolute Gasteiger partial charge is 0.372 e. The number of aryl methyl sites for hydroxylation is 3. The predicted octanol–water partition coefficient (Wildman–Crippen LogP) is 3.34. The SMILES string of the molecule is CN=C(NCCCN(C)c1ccccc1F)NCCCn1nc(C)cc1C.I. The number of rotatable bonds is 9. The highest BCUT2D eigenvalue weighted by atomic mass is 127. The smallest absolute Gasteiger partial charge is 0.190 e. The summed E-state index contributed by atoms with van der Waals surface area (Å²) >= 11 is 0. The highest BCUT2D eigenvalue weighted by Crippen LogP contribution is 2.16. The van der Waals surface area contributed by atoms with Crippen LogP contribution in [-0.4, -0.2) is 49.5 Å². The van der Waals surface area contributed by atoms with Crippen molar-refractivity contribution < 1.29 is 4.39 Å². The fraction of sp³-hybridized carbons (Fsp3) is 0.500. The Morgan fingerprint density at radius 2 is 1.86 bits per heavy atom. The average Bonchev–Trinajstić information content (AvgIpc) is 2.97. The molecule has 156 valence electrons. The number of hydrogen-bond acceptors (Lipinski definition) is 3. The van der Waals surface area contributed by atoms with Crippen molar-refractivity contribution in [2.75, 3.05) is 38.6 Å². The van der Waals surface area contributed by atoms with Crippen molar-refractivity contribution in [2.24, 2.45) is 4.99 Å². The summed E-state index contributed by atoms with van der Waals surface area (Å²) in [5, 5.41) is 11.1. The zero-order valence-corrected chi connectivity index (χ0v) is 19.5. The van der Waals surface area contributed by atoms with Gasteiger partial charge in [0.25, 0.3) is 0 Å². The summed E-state index contributed by atoms with van der Waals surface area (Å²) in [5.41, 5.74) is 2.87. The number of para-hydroxylation sites is 1. The fourth-order valence-corrected chi connectivity index (χ4v) is 2.96. The molecule has 1 aromatic heterocycles. The van der Waals surface area contributed by atoms with E-state index >= 15 is 0 Å². The van der Waals surface area contributed by atoms with Crippen LogP contribution in [0.5, 0.6) is 0 Å². The number of aliphatic imine (C=N–C) groups is 1. The lowest BCUT2D eigenvalue weighted by atomic mass is 10.2. The van der Waals surface area contributed by atoms with Gasteiger partial charge in [0, 0.05) is 46.0 Å². The van der Waals surface area contributed by atoms with Gasteiger partial charge in [0.2, 0.25) is 0 Å². The minimum absolute atomic E-state index is 0. The van der Waals surface area contributed by atoms with Crippen molar-refractivity contribution in [3.8, 4) is 0 Å². The van der Waals surface area contributed by atoms with Gasteiger partial charge in [0.15, 0.2) is 5.96 Å². The van der Waals surface area contributed by atoms with Crippen molar-refractivity contribution in [3.63, 3.8) is 0 Å². The second-order valence-corrected chi connectivity index (χ2v) is 6.66. The van der Waals surface area contributed by atoms with E-state index in [1.807, 2.05) is 29.6 Å². The van der Waals surface area contributed by atoms with Crippen molar-refractivity contribution in [2.45, 2.75) is 33.2 Å². The van der Waals surface area contributed by atoms with E-state index < -0.39 is 0 Å². The number of nitrogens with one attached hydrogen (secondary N) is 2. The quantitative estimate of drug-likeness (QED) is 0.239. The molecule has 0 saturated carbocycles. The molecule has 1 aromatic carbocycles. The molecule has 0 spiro atoms. The van der Waals surface area contributed by atoms with Gasteiger partial charge < -0.3 is 15.5 Å². The number of halogens is 2. The highest BCUT2D eigenvalue weighted by molar-refractivity contribution is 14.0. The Morgan fingerprint density at radius 3 is 2.46 bits per heavy atom. The molecule has 0 unspecified atom stereocenters. The van der Waals surface area contributed by atoms with Crippen LogP contribution >= 0.6 is 24.0 Å². The van der Waals surface area contributed by atoms with Crippen LogP contribution < -0.4 is 15.5 Å². The second-order valence-electron chi connectivity index (χ2n) is 6.66. The van der Waals surface area contributed by atoms with E-state index in [1.54, 1.807) is 19.2 Å². The normalized spacial score (nSPS) is 11.1. The summed E-state index contributed by atoms with van der Waals surface area (Å²) in [5.74, 6) is 0.602. The van der Waals surface area contributed by atoms with Crippen molar-refractivity contribution in [1.82, 2.24) is 20.4 Å². The Bertz CT molecular complexity index is 746. The van der Waals surface area contributed by atoms with Crippen LogP contribution in [0.25, 0.3) is 0 Å². The monoisotopic (exact) mass is 502 g/mol. The first-order valence-electron chi connectivity index (χ1n) is 9.42. The molecule has 28 heavy (non-hydrogen) atoms. The molecule has 0 radical (unpaired) electrons. The zero-order valence-electron chi connectivity index (χ0n) is 17.2. The molecule has 2 aromatic rings. The van der Waals surface area contributed by atoms with Crippen LogP contribution in [0, 0.1) is 19.7 Å². The fourth-order valence-electron chi connectivity index (χ4n) is 2.96. The Hall–Kier alpha value is -1.84. The maximum absolute atomic E-state index is 13.8. The van der Waals surface area contributed by atoms with Crippen LogP contribution in [0.1, 0.15) is 24.2 Å². The molecule has 0 bridgehead atoms. The molecule has 1 heterocycles. The van der Waals surface area contributed by atoms with E-state index in [0.717, 1.165) is 50.7 Å². The first kappa shape index (κ1) is 24.2. The van der Waals surface area contributed by atoms with Crippen LogP contribution in [0.2, 0.25) is 0 Å². The van der Waals surface area contributed by atoms with Gasteiger partial charge in [-0.3, -0.25) is 9.67 Å². The lowest BCUT2D eigenvalue weighted by Gasteiger charge is -2.20. The molecule has 0 aliphatic heterocycles. The lowest BCUT2D eigenvalue weighted by Crippen LogP contribution is -2.39. The van der Waals surface area contributed by atoms with Crippen LogP contribution in [0.15, 0.2) is 35.3 Å². The van der Waals surface area contributed by atoms with Crippen LogP contribution in [0.4, 0.5) is 10.1 Å². The van der Waals surface area contributed by atoms with Crippen molar-refractivity contribution >= 4 is 35.6 Å². The van der Waals surface area contributed by atoms with Gasteiger partial charge in [-0.25, -0.2) is 4.39 Å². The maximum Gasteiger partial charge on any atom is 0.190 e. The Morgan fingerprint density at radius 1 is 1.18 bits per heavy atom. The lowest BCUT2D eigenvalue weighted by molar-refractivity contribution is 0.555. The molecule has 0 aliphatic rings. The molecule has 0 atom stereocenters. The van der Waals surface area contributed by atoms with Gasteiger partial charge in [-0.15, -0.1) is 24.0 Å². The molecule has 0 saturated heterocycles. The van der Waals surface area contributed by atoms with E-state index in [9.17, 15) is 4.39 Å². The topological polar surface area (TPSA) is 57.5 Å². The summed E-state index contributed by atoms with van der Waals surface area (Å²) in [7, 11) is 3.67. The Labute approximate surface area is 184 Å². The summed E-state index contributed by atoms with van der Waals surface area (Å²) in [6.07, 6.45) is 1.86. The van der Waals surface area contributed by atoms with Crippen molar-refractivity contribution in [3.05, 3.63) is 47.5 Å². The summed E-state index contributed by atoms with van der Waals surface area (Å²) in [4.78, 5) is 6.17. The minimum Gasteiger partial charge on any atom is -0.372 e. The third-order valence-corrected chi connectivity index (χ3v) is 4.39. The van der Waals surface area contributed by atoms with E-state index in [0.29, 0.717) is 5.69 Å².